The fourth-order valence-corrected chi connectivity index (χ4v) is 2.86. The summed E-state index contributed by atoms with van der Waals surface area (Å²) in [5.74, 6) is 0.171. The van der Waals surface area contributed by atoms with Crippen LogP contribution in [0.5, 0.6) is 5.75 Å². The van der Waals surface area contributed by atoms with Gasteiger partial charge < -0.3 is 4.74 Å². The number of carbonyl (C=O) groups excluding carboxylic acids is 1. The van der Waals surface area contributed by atoms with E-state index in [2.05, 4.69) is 31.9 Å². The Morgan fingerprint density at radius 3 is 2.52 bits per heavy atom. The number of rotatable bonds is 2. The van der Waals surface area contributed by atoms with Crippen molar-refractivity contribution >= 4 is 48.6 Å². The summed E-state index contributed by atoms with van der Waals surface area (Å²) < 4.78 is 7.09. The van der Waals surface area contributed by atoms with Crippen molar-refractivity contribution in [3.63, 3.8) is 0 Å². The molecule has 0 aromatic heterocycles. The Morgan fingerprint density at radius 1 is 0.905 bits per heavy atom. The Morgan fingerprint density at radius 2 is 1.67 bits per heavy atom. The smallest absolute Gasteiger partial charge is 0.344 e. The van der Waals surface area contributed by atoms with Crippen LogP contribution in [0.1, 0.15) is 10.4 Å². The normalized spacial score (nSPS) is 10.6. The zero-order valence-corrected chi connectivity index (χ0v) is 14.0. The molecule has 0 aliphatic rings. The highest BCUT2D eigenvalue weighted by molar-refractivity contribution is 9.11. The van der Waals surface area contributed by atoms with Crippen LogP contribution in [0.25, 0.3) is 10.8 Å². The second-order valence-electron chi connectivity index (χ2n) is 4.49. The summed E-state index contributed by atoms with van der Waals surface area (Å²) in [6.45, 7) is 0. The molecule has 0 amide bonds. The van der Waals surface area contributed by atoms with Gasteiger partial charge in [-0.2, -0.15) is 0 Å². The number of benzene rings is 3. The number of fused-ring (bicyclic) bond motifs is 1. The van der Waals surface area contributed by atoms with Crippen LogP contribution in [0.4, 0.5) is 0 Å². The summed E-state index contributed by atoms with van der Waals surface area (Å²) in [5, 5.41) is 1.95. The summed E-state index contributed by atoms with van der Waals surface area (Å²) >= 11 is 6.73. The molecule has 21 heavy (non-hydrogen) atoms. The first-order valence-corrected chi connectivity index (χ1v) is 7.89. The maximum absolute atomic E-state index is 12.4. The van der Waals surface area contributed by atoms with Gasteiger partial charge in [0.1, 0.15) is 5.75 Å². The molecule has 4 heteroatoms. The Labute approximate surface area is 139 Å². The minimum absolute atomic E-state index is 0.389. The third-order valence-corrected chi connectivity index (χ3v) is 4.29. The molecule has 0 heterocycles. The maximum atomic E-state index is 12.4. The van der Waals surface area contributed by atoms with E-state index in [1.54, 1.807) is 12.1 Å². The van der Waals surface area contributed by atoms with E-state index in [0.717, 1.165) is 15.2 Å². The molecule has 0 N–H and O–H groups in total. The molecule has 2 nitrogen and oxygen atoms in total. The predicted molar refractivity (Wildman–Crippen MR) is 90.7 cm³/mol. The molecule has 3 aromatic rings. The molecule has 0 radical (unpaired) electrons. The highest BCUT2D eigenvalue weighted by atomic mass is 79.9. The third kappa shape index (κ3) is 3.01. The second kappa shape index (κ2) is 6.00. The van der Waals surface area contributed by atoms with Crippen LogP contribution in [0, 0.1) is 0 Å². The van der Waals surface area contributed by atoms with Crippen LogP contribution in [-0.2, 0) is 0 Å². The van der Waals surface area contributed by atoms with E-state index >= 15 is 0 Å². The first-order valence-electron chi connectivity index (χ1n) is 6.30. The van der Waals surface area contributed by atoms with Crippen molar-refractivity contribution in [1.82, 2.24) is 0 Å². The van der Waals surface area contributed by atoms with Gasteiger partial charge in [0.2, 0.25) is 0 Å². The zero-order valence-electron chi connectivity index (χ0n) is 10.8. The second-order valence-corrected chi connectivity index (χ2v) is 6.26. The topological polar surface area (TPSA) is 26.3 Å². The van der Waals surface area contributed by atoms with Gasteiger partial charge in [-0.25, -0.2) is 4.79 Å². The summed E-state index contributed by atoms with van der Waals surface area (Å²) in [4.78, 5) is 12.4. The van der Waals surface area contributed by atoms with E-state index in [9.17, 15) is 4.79 Å². The van der Waals surface area contributed by atoms with Gasteiger partial charge in [-0.1, -0.05) is 52.3 Å². The largest absolute Gasteiger partial charge is 0.422 e. The molecule has 3 aromatic carbocycles. The fourth-order valence-electron chi connectivity index (χ4n) is 2.09. The number of hydrogen-bond acceptors (Lipinski definition) is 2. The number of esters is 1. The fraction of sp³-hybridized carbons (Fsp3) is 0. The van der Waals surface area contributed by atoms with E-state index in [1.807, 2.05) is 48.5 Å². The van der Waals surface area contributed by atoms with Crippen molar-refractivity contribution < 1.29 is 9.53 Å². The van der Waals surface area contributed by atoms with Crippen LogP contribution >= 0.6 is 31.9 Å². The Bertz CT molecular complexity index is 823. The molecule has 3 rings (SSSR count). The van der Waals surface area contributed by atoms with Crippen LogP contribution in [0.15, 0.2) is 69.6 Å². The van der Waals surface area contributed by atoms with Gasteiger partial charge in [0, 0.05) is 14.3 Å². The van der Waals surface area contributed by atoms with Crippen LogP contribution in [-0.4, -0.2) is 5.97 Å². The summed E-state index contributed by atoms with van der Waals surface area (Å²) in [6, 6.07) is 18.9. The summed E-state index contributed by atoms with van der Waals surface area (Å²) in [7, 11) is 0. The van der Waals surface area contributed by atoms with Gasteiger partial charge in [-0.15, -0.1) is 0 Å². The van der Waals surface area contributed by atoms with Gasteiger partial charge in [0.05, 0.1) is 5.56 Å². The number of ether oxygens (including phenoxy) is 1. The van der Waals surface area contributed by atoms with E-state index in [0.29, 0.717) is 15.8 Å². The summed E-state index contributed by atoms with van der Waals surface area (Å²) in [5.41, 5.74) is 0.484. The van der Waals surface area contributed by atoms with Crippen molar-refractivity contribution in [2.24, 2.45) is 0 Å². The lowest BCUT2D eigenvalue weighted by atomic mass is 10.1. The highest BCUT2D eigenvalue weighted by Gasteiger charge is 2.14. The third-order valence-electron chi connectivity index (χ3n) is 3.10. The standard InChI is InChI=1S/C17H10Br2O2/c18-12-8-9-15(19)14(10-12)17(20)21-16-7-3-5-11-4-1-2-6-13(11)16/h1-10H. The van der Waals surface area contributed by atoms with E-state index in [4.69, 9.17) is 4.74 Å². The number of carbonyl (C=O) groups is 1. The van der Waals surface area contributed by atoms with Gasteiger partial charge in [0.15, 0.2) is 0 Å². The molecule has 0 aliphatic heterocycles. The van der Waals surface area contributed by atoms with Crippen LogP contribution in [0.3, 0.4) is 0 Å². The van der Waals surface area contributed by atoms with E-state index in [1.165, 1.54) is 0 Å². The molecule has 0 spiro atoms. The van der Waals surface area contributed by atoms with Gasteiger partial charge in [0.25, 0.3) is 0 Å². The van der Waals surface area contributed by atoms with Crippen molar-refractivity contribution in [3.05, 3.63) is 75.2 Å². The molecular formula is C17H10Br2O2. The Kier molecular flexibility index (Phi) is 4.08. The van der Waals surface area contributed by atoms with E-state index < -0.39 is 0 Å². The van der Waals surface area contributed by atoms with Crippen LogP contribution in [0.2, 0.25) is 0 Å². The minimum Gasteiger partial charge on any atom is -0.422 e. The van der Waals surface area contributed by atoms with Crippen molar-refractivity contribution in [1.29, 1.82) is 0 Å². The minimum atomic E-state index is -0.389. The zero-order chi connectivity index (χ0) is 14.8. The molecule has 0 saturated carbocycles. The monoisotopic (exact) mass is 404 g/mol. The van der Waals surface area contributed by atoms with Crippen molar-refractivity contribution in [2.45, 2.75) is 0 Å². The summed E-state index contributed by atoms with van der Waals surface area (Å²) in [6.07, 6.45) is 0. The lowest BCUT2D eigenvalue weighted by Crippen LogP contribution is -2.09. The molecule has 0 fully saturated rings. The molecule has 0 saturated heterocycles. The quantitative estimate of drug-likeness (QED) is 0.410. The van der Waals surface area contributed by atoms with Crippen molar-refractivity contribution in [3.8, 4) is 5.75 Å². The Hall–Kier alpha value is -1.65. The maximum Gasteiger partial charge on any atom is 0.344 e. The van der Waals surface area contributed by atoms with Gasteiger partial charge in [-0.05, 0) is 45.6 Å². The average molecular weight is 406 g/mol. The van der Waals surface area contributed by atoms with E-state index in [-0.39, 0.29) is 5.97 Å². The SMILES string of the molecule is O=C(Oc1cccc2ccccc12)c1cc(Br)ccc1Br. The van der Waals surface area contributed by atoms with Gasteiger partial charge >= 0.3 is 5.97 Å². The van der Waals surface area contributed by atoms with Gasteiger partial charge in [-0.3, -0.25) is 0 Å². The number of halogens is 2. The molecule has 104 valence electrons. The molecular weight excluding hydrogens is 396 g/mol. The first kappa shape index (κ1) is 14.3. The average Bonchev–Trinajstić information content (AvgIpc) is 2.50. The lowest BCUT2D eigenvalue weighted by Gasteiger charge is -2.09. The Balaban J connectivity index is 1.99. The van der Waals surface area contributed by atoms with Crippen LogP contribution < -0.4 is 4.74 Å². The molecule has 0 aliphatic carbocycles. The molecule has 0 atom stereocenters. The molecule has 0 unspecified atom stereocenters. The van der Waals surface area contributed by atoms with Crippen molar-refractivity contribution in [2.75, 3.05) is 0 Å². The number of hydrogen-bond donors (Lipinski definition) is 0. The molecule has 0 bridgehead atoms. The highest BCUT2D eigenvalue weighted by Crippen LogP contribution is 2.28. The lowest BCUT2D eigenvalue weighted by molar-refractivity contribution is 0.0736. The first-order chi connectivity index (χ1) is 10.1. The predicted octanol–water partition coefficient (Wildman–Crippen LogP) is 5.58.